The molecule has 5 aromatic rings. The maximum atomic E-state index is 14.1. The Hall–Kier alpha value is -4.89. The number of halogens is 5. The fraction of sp³-hybridized carbons (Fsp3) is 0.316. The Morgan fingerprint density at radius 2 is 1.42 bits per heavy atom. The Morgan fingerprint density at radius 1 is 0.808 bits per heavy atom. The van der Waals surface area contributed by atoms with Gasteiger partial charge in [0.25, 0.3) is 5.91 Å². The van der Waals surface area contributed by atoms with Gasteiger partial charge in [0.05, 0.1) is 29.8 Å². The summed E-state index contributed by atoms with van der Waals surface area (Å²) in [7, 11) is 0. The van der Waals surface area contributed by atoms with Crippen LogP contribution >= 0.6 is 0 Å². The molecule has 0 saturated carbocycles. The van der Waals surface area contributed by atoms with Gasteiger partial charge in [0, 0.05) is 44.2 Å². The first kappa shape index (κ1) is 35.5. The van der Waals surface area contributed by atoms with Crippen LogP contribution in [0.3, 0.4) is 0 Å². The molecule has 4 aromatic carbocycles. The molecule has 3 N–H and O–H groups in total. The molecule has 2 aliphatic heterocycles. The van der Waals surface area contributed by atoms with Crippen LogP contribution in [0.15, 0.2) is 77.6 Å². The van der Waals surface area contributed by atoms with E-state index in [1.807, 2.05) is 53.1 Å². The number of nitrogens with one attached hydrogen (secondary N) is 2. The van der Waals surface area contributed by atoms with Crippen LogP contribution in [0.5, 0.6) is 0 Å². The number of hydrogen-bond acceptors (Lipinski definition) is 6. The largest absolute Gasteiger partial charge is 0.392 e. The lowest BCUT2D eigenvalue weighted by Gasteiger charge is -2.40. The number of nitrogens with zero attached hydrogens (tertiary/aromatic N) is 2. The van der Waals surface area contributed by atoms with E-state index in [2.05, 4.69) is 15.2 Å². The third kappa shape index (κ3) is 7.11. The van der Waals surface area contributed by atoms with E-state index in [1.165, 1.54) is 0 Å². The lowest BCUT2D eigenvalue weighted by molar-refractivity contribution is -0.253. The molecule has 9 nitrogen and oxygen atoms in total. The molecule has 2 fully saturated rings. The van der Waals surface area contributed by atoms with Gasteiger partial charge in [-0.15, -0.1) is 0 Å². The molecule has 272 valence electrons. The van der Waals surface area contributed by atoms with E-state index in [4.69, 9.17) is 9.47 Å². The summed E-state index contributed by atoms with van der Waals surface area (Å²) in [6.07, 6.45) is 0.818. The van der Waals surface area contributed by atoms with Gasteiger partial charge in [-0.3, -0.25) is 9.36 Å². The van der Waals surface area contributed by atoms with Crippen molar-refractivity contribution >= 4 is 16.9 Å². The van der Waals surface area contributed by atoms with Crippen LogP contribution in [0.25, 0.3) is 11.0 Å². The second kappa shape index (κ2) is 15.0. The number of fused-ring (bicyclic) bond motifs is 1. The van der Waals surface area contributed by atoms with Crippen LogP contribution in [0.2, 0.25) is 0 Å². The summed E-state index contributed by atoms with van der Waals surface area (Å²) >= 11 is 0. The van der Waals surface area contributed by atoms with Gasteiger partial charge >= 0.3 is 5.69 Å². The van der Waals surface area contributed by atoms with Crippen LogP contribution in [0.4, 0.5) is 22.0 Å². The van der Waals surface area contributed by atoms with Gasteiger partial charge in [0.1, 0.15) is 5.56 Å². The predicted octanol–water partition coefficient (Wildman–Crippen LogP) is 6.33. The first-order chi connectivity index (χ1) is 25.1. The van der Waals surface area contributed by atoms with Crippen LogP contribution < -0.4 is 11.0 Å². The molecule has 0 bridgehead atoms. The number of carbonyl (C=O) groups is 1. The van der Waals surface area contributed by atoms with Gasteiger partial charge in [0.2, 0.25) is 5.82 Å². The Balaban J connectivity index is 1.03. The number of hydrogen-bond donors (Lipinski definition) is 3. The van der Waals surface area contributed by atoms with Crippen molar-refractivity contribution in [2.24, 2.45) is 0 Å². The molecule has 0 spiro atoms. The maximum Gasteiger partial charge on any atom is 0.326 e. The van der Waals surface area contributed by atoms with Crippen LogP contribution in [0.1, 0.15) is 70.3 Å². The summed E-state index contributed by atoms with van der Waals surface area (Å²) in [6, 6.07) is 21.9. The van der Waals surface area contributed by atoms with Crippen molar-refractivity contribution in [2.45, 2.75) is 57.0 Å². The summed E-state index contributed by atoms with van der Waals surface area (Å²) in [5.41, 5.74) is 2.88. The average Bonchev–Trinajstić information content (AvgIpc) is 3.51. The summed E-state index contributed by atoms with van der Waals surface area (Å²) in [4.78, 5) is 30.5. The molecule has 1 amide bonds. The normalized spacial score (nSPS) is 20.0. The average molecular weight is 723 g/mol. The number of ether oxygens (including phenoxy) is 2. The molecule has 7 rings (SSSR count). The SMILES string of the molecule is O=C(NCc1ccc([C@H]2O[C@@H](CN3CCC(n4c(=O)[nH]c5ccccc54)CC3)C[C@@H](c3ccc(CO)cc3)O2)cc1)c1c(F)c(F)c(F)c(F)c1F. The van der Waals surface area contributed by atoms with E-state index in [-0.39, 0.29) is 37.1 Å². The van der Waals surface area contributed by atoms with Crippen LogP contribution in [-0.2, 0) is 22.6 Å². The quantitative estimate of drug-likeness (QED) is 0.0933. The number of H-pyrrole nitrogens is 1. The molecule has 0 unspecified atom stereocenters. The lowest BCUT2D eigenvalue weighted by Crippen LogP contribution is -2.43. The monoisotopic (exact) mass is 722 g/mol. The number of amides is 1. The molecule has 2 aliphatic rings. The van der Waals surface area contributed by atoms with E-state index in [1.54, 1.807) is 24.3 Å². The second-order valence-corrected chi connectivity index (χ2v) is 13.1. The second-order valence-electron chi connectivity index (χ2n) is 13.1. The highest BCUT2D eigenvalue weighted by Gasteiger charge is 2.35. The minimum Gasteiger partial charge on any atom is -0.392 e. The topological polar surface area (TPSA) is 109 Å². The number of imidazole rings is 1. The van der Waals surface area contributed by atoms with Crippen molar-refractivity contribution in [1.29, 1.82) is 0 Å². The number of aromatic amines is 1. The lowest BCUT2D eigenvalue weighted by atomic mass is 9.98. The van der Waals surface area contributed by atoms with Gasteiger partial charge in [0.15, 0.2) is 29.6 Å². The van der Waals surface area contributed by atoms with Crippen molar-refractivity contribution in [3.8, 4) is 0 Å². The summed E-state index contributed by atoms with van der Waals surface area (Å²) in [6.45, 7) is 1.82. The maximum absolute atomic E-state index is 14.1. The van der Waals surface area contributed by atoms with E-state index in [9.17, 15) is 36.6 Å². The third-order valence-corrected chi connectivity index (χ3v) is 9.76. The first-order valence-corrected chi connectivity index (χ1v) is 16.9. The molecule has 52 heavy (non-hydrogen) atoms. The number of carbonyl (C=O) groups excluding carboxylic acids is 1. The number of aromatic nitrogens is 2. The van der Waals surface area contributed by atoms with E-state index in [0.29, 0.717) is 24.1 Å². The van der Waals surface area contributed by atoms with Gasteiger partial charge in [-0.05, 0) is 41.7 Å². The van der Waals surface area contributed by atoms with Crippen LogP contribution in [-0.4, -0.2) is 51.2 Å². The predicted molar refractivity (Wildman–Crippen MR) is 180 cm³/mol. The summed E-state index contributed by atoms with van der Waals surface area (Å²) < 4.78 is 83.6. The fourth-order valence-corrected chi connectivity index (χ4v) is 6.99. The summed E-state index contributed by atoms with van der Waals surface area (Å²) in [5.74, 6) is -12.6. The van der Waals surface area contributed by atoms with Gasteiger partial charge in [-0.1, -0.05) is 60.7 Å². The Kier molecular flexibility index (Phi) is 10.2. The standard InChI is InChI=1S/C38H35F5N4O5/c39-31-30(32(40)34(42)35(43)33(31)41)36(49)44-18-21-5-11-24(12-6-21)37-51-26(17-29(52-37)23-9-7-22(20-48)8-10-23)19-46-15-13-25(14-16-46)47-28-4-2-1-3-27(28)45-38(47)50/h1-12,25-26,29,37,48H,13-20H2,(H,44,49)(H,45,50)/t26-,29+,37+/m1/s1. The molecule has 0 radical (unpaired) electrons. The van der Waals surface area contributed by atoms with Crippen molar-refractivity contribution in [2.75, 3.05) is 19.6 Å². The van der Waals surface area contributed by atoms with E-state index >= 15 is 0 Å². The Labute approximate surface area is 294 Å². The molecule has 14 heteroatoms. The highest BCUT2D eigenvalue weighted by molar-refractivity contribution is 5.94. The highest BCUT2D eigenvalue weighted by Crippen LogP contribution is 2.39. The zero-order valence-corrected chi connectivity index (χ0v) is 27.8. The first-order valence-electron chi connectivity index (χ1n) is 16.9. The number of para-hydroxylation sites is 2. The third-order valence-electron chi connectivity index (χ3n) is 9.76. The van der Waals surface area contributed by atoms with Crippen molar-refractivity contribution in [1.82, 2.24) is 19.8 Å². The molecular formula is C38H35F5N4O5. The van der Waals surface area contributed by atoms with Crippen molar-refractivity contribution < 1.29 is 41.3 Å². The number of likely N-dealkylation sites (tertiary alicyclic amines) is 1. The zero-order chi connectivity index (χ0) is 36.5. The molecule has 0 aliphatic carbocycles. The minimum atomic E-state index is -2.34. The molecule has 3 atom stereocenters. The molecular weight excluding hydrogens is 687 g/mol. The Bertz CT molecular complexity index is 2100. The Morgan fingerprint density at radius 3 is 2.10 bits per heavy atom. The molecule has 3 heterocycles. The minimum absolute atomic E-state index is 0.0698. The van der Waals surface area contributed by atoms with Gasteiger partial charge in [-0.2, -0.15) is 0 Å². The zero-order valence-electron chi connectivity index (χ0n) is 27.8. The van der Waals surface area contributed by atoms with Crippen LogP contribution in [0, 0.1) is 29.1 Å². The van der Waals surface area contributed by atoms with Crippen molar-refractivity contribution in [3.63, 3.8) is 0 Å². The highest BCUT2D eigenvalue weighted by atomic mass is 19.2. The number of aliphatic hydroxyl groups excluding tert-OH is 1. The number of rotatable bonds is 9. The van der Waals surface area contributed by atoms with Gasteiger partial charge < -0.3 is 29.8 Å². The van der Waals surface area contributed by atoms with E-state index < -0.39 is 46.8 Å². The summed E-state index contributed by atoms with van der Waals surface area (Å²) in [5, 5.41) is 11.7. The fourth-order valence-electron chi connectivity index (χ4n) is 6.99. The smallest absolute Gasteiger partial charge is 0.326 e. The number of benzene rings is 4. The number of aliphatic hydroxyl groups is 1. The molecule has 1 aromatic heterocycles. The van der Waals surface area contributed by atoms with Gasteiger partial charge in [-0.25, -0.2) is 26.7 Å². The number of piperidine rings is 1. The van der Waals surface area contributed by atoms with E-state index in [0.717, 1.165) is 48.1 Å². The molecule has 2 saturated heterocycles. The van der Waals surface area contributed by atoms with Crippen molar-refractivity contribution in [3.05, 3.63) is 140 Å².